The number of hydrogen-bond donors (Lipinski definition) is 0. The zero-order chi connectivity index (χ0) is 16.5. The normalized spacial score (nSPS) is 16.8. The van der Waals surface area contributed by atoms with Crippen LogP contribution >= 0.6 is 8.58 Å². The standard InChI is InChI=1S/C14H12F6OP.Li/c15-13(16,17)9-6-3-7-10(14(18,19)20)11(9)12(21)22-8-4-1-2-5-8;/h3,6-8H,1-2,4-5H2;/q-1;+1. The second-order valence-electron chi connectivity index (χ2n) is 5.10. The molecule has 0 saturated heterocycles. The van der Waals surface area contributed by atoms with E-state index in [1.807, 2.05) is 0 Å². The zero-order valence-corrected chi connectivity index (χ0v) is 13.2. The number of halogens is 6. The quantitative estimate of drug-likeness (QED) is 0.467. The molecule has 0 bridgehead atoms. The van der Waals surface area contributed by atoms with Crippen molar-refractivity contribution in [1.29, 1.82) is 0 Å². The number of benzene rings is 1. The smallest absolute Gasteiger partial charge is 0.456 e. The molecule has 0 aliphatic heterocycles. The van der Waals surface area contributed by atoms with E-state index in [0.717, 1.165) is 12.8 Å². The van der Waals surface area contributed by atoms with Crippen molar-refractivity contribution >= 4 is 14.1 Å². The van der Waals surface area contributed by atoms with Crippen LogP contribution in [0.5, 0.6) is 0 Å². The van der Waals surface area contributed by atoms with Gasteiger partial charge < -0.3 is 13.4 Å². The largest absolute Gasteiger partial charge is 1.00 e. The number of rotatable bonds is 3. The topological polar surface area (TPSA) is 17.1 Å². The van der Waals surface area contributed by atoms with E-state index < -0.39 is 34.6 Å². The molecule has 1 aliphatic carbocycles. The van der Waals surface area contributed by atoms with Crippen molar-refractivity contribution in [3.63, 3.8) is 0 Å². The molecule has 1 fully saturated rings. The molecule has 1 saturated carbocycles. The first-order chi connectivity index (χ1) is 10.1. The average molecular weight is 348 g/mol. The van der Waals surface area contributed by atoms with E-state index >= 15 is 0 Å². The fraction of sp³-hybridized carbons (Fsp3) is 0.500. The van der Waals surface area contributed by atoms with Crippen molar-refractivity contribution < 1.29 is 50.0 Å². The van der Waals surface area contributed by atoms with Crippen LogP contribution < -0.4 is 18.9 Å². The maximum Gasteiger partial charge on any atom is 1.00 e. The van der Waals surface area contributed by atoms with Crippen molar-refractivity contribution in [3.8, 4) is 0 Å². The van der Waals surface area contributed by atoms with Crippen LogP contribution in [0.4, 0.5) is 26.3 Å². The molecular weight excluding hydrogens is 336 g/mol. The van der Waals surface area contributed by atoms with Gasteiger partial charge >= 0.3 is 31.2 Å². The van der Waals surface area contributed by atoms with Gasteiger partial charge in [-0.25, -0.2) is 0 Å². The molecule has 0 atom stereocenters. The van der Waals surface area contributed by atoms with E-state index in [1.54, 1.807) is 0 Å². The summed E-state index contributed by atoms with van der Waals surface area (Å²) in [6.07, 6.45) is -7.00. The Morgan fingerprint density at radius 3 is 1.78 bits per heavy atom. The molecule has 0 unspecified atom stereocenters. The maximum absolute atomic E-state index is 13.0. The summed E-state index contributed by atoms with van der Waals surface area (Å²) in [7, 11) is 0.0155. The zero-order valence-electron chi connectivity index (χ0n) is 12.3. The molecule has 0 radical (unpaired) electrons. The Hall–Kier alpha value is -0.503. The van der Waals surface area contributed by atoms with Crippen LogP contribution in [0.25, 0.3) is 0 Å². The van der Waals surface area contributed by atoms with Crippen LogP contribution in [0.15, 0.2) is 18.2 Å². The fourth-order valence-corrected chi connectivity index (χ4v) is 3.84. The molecular formula is C14H12F6LiOP. The van der Waals surface area contributed by atoms with E-state index in [0.29, 0.717) is 31.0 Å². The SMILES string of the molecule is O=C([P-]C1CCCC1)c1c(C(F)(F)F)cccc1C(F)(F)F.[Li+]. The van der Waals surface area contributed by atoms with Crippen molar-refractivity contribution in [1.82, 2.24) is 0 Å². The molecule has 2 rings (SSSR count). The van der Waals surface area contributed by atoms with Gasteiger partial charge in [0.2, 0.25) is 0 Å². The number of hydrogen-bond acceptors (Lipinski definition) is 1. The first-order valence-electron chi connectivity index (χ1n) is 6.63. The van der Waals surface area contributed by atoms with Crippen molar-refractivity contribution in [3.05, 3.63) is 34.9 Å². The predicted molar refractivity (Wildman–Crippen MR) is 70.0 cm³/mol. The van der Waals surface area contributed by atoms with E-state index in [2.05, 4.69) is 0 Å². The number of carbonyl (C=O) groups is 1. The summed E-state index contributed by atoms with van der Waals surface area (Å²) >= 11 is 0. The fourth-order valence-electron chi connectivity index (χ4n) is 2.52. The Balaban J connectivity index is 0.00000264. The monoisotopic (exact) mass is 348 g/mol. The summed E-state index contributed by atoms with van der Waals surface area (Å²) in [6, 6.07) is 1.72. The van der Waals surface area contributed by atoms with Gasteiger partial charge in [-0.15, -0.1) is 0 Å². The molecule has 122 valence electrons. The van der Waals surface area contributed by atoms with Gasteiger partial charge in [0.1, 0.15) is 0 Å². The summed E-state index contributed by atoms with van der Waals surface area (Å²) in [6.45, 7) is 0. The average Bonchev–Trinajstić information content (AvgIpc) is 2.88. The van der Waals surface area contributed by atoms with Crippen LogP contribution in [-0.2, 0) is 12.4 Å². The van der Waals surface area contributed by atoms with Crippen molar-refractivity contribution in [2.24, 2.45) is 0 Å². The third-order valence-corrected chi connectivity index (χ3v) is 4.85. The summed E-state index contributed by atoms with van der Waals surface area (Å²) in [5.41, 5.74) is -5.55. The Morgan fingerprint density at radius 2 is 1.39 bits per heavy atom. The third-order valence-electron chi connectivity index (χ3n) is 3.51. The van der Waals surface area contributed by atoms with Crippen LogP contribution in [0, 0.1) is 0 Å². The number of carbonyl (C=O) groups excluding carboxylic acids is 1. The first kappa shape index (κ1) is 20.5. The van der Waals surface area contributed by atoms with Crippen LogP contribution in [0.3, 0.4) is 0 Å². The summed E-state index contributed by atoms with van der Waals surface area (Å²) < 4.78 is 77.8. The Kier molecular flexibility index (Phi) is 6.78. The van der Waals surface area contributed by atoms with Crippen LogP contribution in [0.2, 0.25) is 0 Å². The van der Waals surface area contributed by atoms with E-state index in [4.69, 9.17) is 0 Å². The molecule has 0 N–H and O–H groups in total. The van der Waals surface area contributed by atoms with Gasteiger partial charge in [0.15, 0.2) is 0 Å². The van der Waals surface area contributed by atoms with Crippen LogP contribution in [0.1, 0.15) is 47.2 Å². The second kappa shape index (κ2) is 7.59. The Morgan fingerprint density at radius 1 is 0.957 bits per heavy atom. The molecule has 1 aliphatic rings. The Labute approximate surface area is 143 Å². The van der Waals surface area contributed by atoms with Gasteiger partial charge in [-0.05, 0) is 12.1 Å². The summed E-state index contributed by atoms with van der Waals surface area (Å²) in [5.74, 6) is 0. The first-order valence-corrected chi connectivity index (χ1v) is 7.59. The minimum Gasteiger partial charge on any atom is -0.456 e. The van der Waals surface area contributed by atoms with Crippen LogP contribution in [-0.4, -0.2) is 11.2 Å². The number of alkyl halides is 6. The molecule has 0 amide bonds. The van der Waals surface area contributed by atoms with E-state index in [1.165, 1.54) is 0 Å². The van der Waals surface area contributed by atoms with Gasteiger partial charge in [0, 0.05) is 11.1 Å². The van der Waals surface area contributed by atoms with Gasteiger partial charge in [0.05, 0.1) is 11.1 Å². The molecule has 23 heavy (non-hydrogen) atoms. The van der Waals surface area contributed by atoms with Crippen molar-refractivity contribution in [2.75, 3.05) is 0 Å². The molecule has 0 heterocycles. The molecule has 1 nitrogen and oxygen atoms in total. The van der Waals surface area contributed by atoms with Gasteiger partial charge in [-0.3, -0.25) is 0 Å². The minimum absolute atomic E-state index is 0. The van der Waals surface area contributed by atoms with Gasteiger partial charge in [0.25, 0.3) is 0 Å². The summed E-state index contributed by atoms with van der Waals surface area (Å²) in [5, 5.41) is 0. The van der Waals surface area contributed by atoms with Gasteiger partial charge in [-0.2, -0.15) is 32.0 Å². The third kappa shape index (κ3) is 4.98. The predicted octanol–water partition coefficient (Wildman–Crippen LogP) is 2.76. The molecule has 1 aromatic carbocycles. The second-order valence-corrected chi connectivity index (χ2v) is 6.49. The van der Waals surface area contributed by atoms with Gasteiger partial charge in [-0.1, -0.05) is 31.7 Å². The maximum atomic E-state index is 13.0. The van der Waals surface area contributed by atoms with E-state index in [9.17, 15) is 31.1 Å². The van der Waals surface area contributed by atoms with Crippen molar-refractivity contribution in [2.45, 2.75) is 43.7 Å². The molecule has 1 aromatic rings. The Bertz CT molecular complexity index is 531. The van der Waals surface area contributed by atoms with E-state index in [-0.39, 0.29) is 33.1 Å². The molecule has 0 aromatic heterocycles. The molecule has 9 heteroatoms. The molecule has 0 spiro atoms. The minimum atomic E-state index is -5.00. The summed E-state index contributed by atoms with van der Waals surface area (Å²) in [4.78, 5) is 12.1.